The van der Waals surface area contributed by atoms with Crippen LogP contribution in [0.15, 0.2) is 36.9 Å². The first-order chi connectivity index (χ1) is 9.73. The summed E-state index contributed by atoms with van der Waals surface area (Å²) in [4.78, 5) is 0. The molecule has 0 bridgehead atoms. The van der Waals surface area contributed by atoms with Gasteiger partial charge < -0.3 is 10.1 Å². The molecule has 1 aliphatic carbocycles. The predicted octanol–water partition coefficient (Wildman–Crippen LogP) is 4.31. The van der Waals surface area contributed by atoms with E-state index < -0.39 is 0 Å². The largest absolute Gasteiger partial charge is 0.489 e. The fourth-order valence-electron chi connectivity index (χ4n) is 3.02. The smallest absolute Gasteiger partial charge is 0.124 e. The molecule has 0 radical (unpaired) electrons. The summed E-state index contributed by atoms with van der Waals surface area (Å²) in [6, 6.07) is 8.25. The molecular formula is C18H27NO. The van der Waals surface area contributed by atoms with Gasteiger partial charge in [-0.3, -0.25) is 0 Å². The lowest BCUT2D eigenvalue weighted by molar-refractivity contribution is 0.207. The summed E-state index contributed by atoms with van der Waals surface area (Å²) in [6.07, 6.45) is 8.68. The number of hydrogen-bond acceptors (Lipinski definition) is 2. The first-order valence-corrected chi connectivity index (χ1v) is 7.76. The molecule has 20 heavy (non-hydrogen) atoms. The Hall–Kier alpha value is -1.28. The molecule has 2 nitrogen and oxygen atoms in total. The van der Waals surface area contributed by atoms with Gasteiger partial charge >= 0.3 is 0 Å². The zero-order valence-electron chi connectivity index (χ0n) is 12.7. The summed E-state index contributed by atoms with van der Waals surface area (Å²) in [7, 11) is 0. The summed E-state index contributed by atoms with van der Waals surface area (Å²) in [6.45, 7) is 8.66. The van der Waals surface area contributed by atoms with Crippen LogP contribution in [-0.2, 0) is 6.54 Å². The third-order valence-corrected chi connectivity index (χ3v) is 4.26. The number of hydrogen-bond donors (Lipinski definition) is 1. The van der Waals surface area contributed by atoms with Crippen LogP contribution in [0, 0.1) is 5.41 Å². The second-order valence-electron chi connectivity index (χ2n) is 6.18. The van der Waals surface area contributed by atoms with Gasteiger partial charge in [-0.05, 0) is 24.3 Å². The summed E-state index contributed by atoms with van der Waals surface area (Å²) in [5.41, 5.74) is 1.71. The van der Waals surface area contributed by atoms with Gasteiger partial charge in [0.15, 0.2) is 0 Å². The van der Waals surface area contributed by atoms with Gasteiger partial charge in [0.05, 0.1) is 0 Å². The molecule has 2 rings (SSSR count). The predicted molar refractivity (Wildman–Crippen MR) is 85.0 cm³/mol. The summed E-state index contributed by atoms with van der Waals surface area (Å²) in [5, 5.41) is 3.62. The van der Waals surface area contributed by atoms with Crippen LogP contribution in [-0.4, -0.2) is 13.2 Å². The highest BCUT2D eigenvalue weighted by molar-refractivity contribution is 5.33. The lowest BCUT2D eigenvalue weighted by atomic mass is 9.76. The van der Waals surface area contributed by atoms with E-state index >= 15 is 0 Å². The molecule has 1 aliphatic rings. The SMILES string of the molecule is C=CCOc1ccccc1CNCC1(C)CCCCC1. The minimum absolute atomic E-state index is 0.481. The standard InChI is InChI=1S/C18H27NO/c1-3-13-20-17-10-6-5-9-16(17)14-19-15-18(2)11-7-4-8-12-18/h3,5-6,9-10,19H,1,4,7-8,11-15H2,2H3. The van der Waals surface area contributed by atoms with Crippen LogP contribution in [0.5, 0.6) is 5.75 Å². The van der Waals surface area contributed by atoms with Crippen molar-refractivity contribution in [2.24, 2.45) is 5.41 Å². The Morgan fingerprint density at radius 2 is 2.00 bits per heavy atom. The molecule has 1 aromatic carbocycles. The van der Waals surface area contributed by atoms with Gasteiger partial charge in [-0.1, -0.05) is 57.0 Å². The monoisotopic (exact) mass is 273 g/mol. The third-order valence-electron chi connectivity index (χ3n) is 4.26. The van der Waals surface area contributed by atoms with E-state index in [1.165, 1.54) is 37.7 Å². The van der Waals surface area contributed by atoms with E-state index in [2.05, 4.69) is 31.0 Å². The second kappa shape index (κ2) is 7.49. The van der Waals surface area contributed by atoms with E-state index in [0.29, 0.717) is 12.0 Å². The van der Waals surface area contributed by atoms with Crippen molar-refractivity contribution in [1.82, 2.24) is 5.32 Å². The summed E-state index contributed by atoms with van der Waals surface area (Å²) >= 11 is 0. The fraction of sp³-hybridized carbons (Fsp3) is 0.556. The molecule has 0 heterocycles. The van der Waals surface area contributed by atoms with Gasteiger partial charge in [0, 0.05) is 18.7 Å². The highest BCUT2D eigenvalue weighted by Crippen LogP contribution is 2.35. The molecule has 0 atom stereocenters. The molecule has 1 saturated carbocycles. The van der Waals surface area contributed by atoms with Crippen molar-refractivity contribution in [2.75, 3.05) is 13.2 Å². The Kier molecular flexibility index (Phi) is 5.66. The Bertz CT molecular complexity index is 421. The normalized spacial score (nSPS) is 17.6. The van der Waals surface area contributed by atoms with Crippen molar-refractivity contribution < 1.29 is 4.74 Å². The molecule has 1 fully saturated rings. The van der Waals surface area contributed by atoms with Crippen LogP contribution < -0.4 is 10.1 Å². The first-order valence-electron chi connectivity index (χ1n) is 7.76. The van der Waals surface area contributed by atoms with Crippen LogP contribution in [0.25, 0.3) is 0 Å². The van der Waals surface area contributed by atoms with E-state index in [1.807, 2.05) is 12.1 Å². The van der Waals surface area contributed by atoms with Crippen molar-refractivity contribution in [2.45, 2.75) is 45.6 Å². The topological polar surface area (TPSA) is 21.3 Å². The lowest BCUT2D eigenvalue weighted by Crippen LogP contribution is -2.33. The van der Waals surface area contributed by atoms with Gasteiger partial charge in [0.25, 0.3) is 0 Å². The Balaban J connectivity index is 1.85. The average Bonchev–Trinajstić information content (AvgIpc) is 2.47. The Morgan fingerprint density at radius 3 is 2.75 bits per heavy atom. The van der Waals surface area contributed by atoms with Crippen LogP contribution in [0.3, 0.4) is 0 Å². The quantitative estimate of drug-likeness (QED) is 0.747. The minimum atomic E-state index is 0.481. The van der Waals surface area contributed by atoms with Gasteiger partial charge in [-0.2, -0.15) is 0 Å². The maximum Gasteiger partial charge on any atom is 0.124 e. The average molecular weight is 273 g/mol. The third kappa shape index (κ3) is 4.38. The van der Waals surface area contributed by atoms with E-state index in [0.717, 1.165) is 18.8 Å². The molecule has 0 unspecified atom stereocenters. The number of para-hydroxylation sites is 1. The van der Waals surface area contributed by atoms with E-state index in [-0.39, 0.29) is 0 Å². The van der Waals surface area contributed by atoms with Crippen molar-refractivity contribution in [3.8, 4) is 5.75 Å². The van der Waals surface area contributed by atoms with Crippen molar-refractivity contribution in [3.05, 3.63) is 42.5 Å². The van der Waals surface area contributed by atoms with Crippen molar-refractivity contribution >= 4 is 0 Å². The first kappa shape index (κ1) is 15.1. The zero-order chi connectivity index (χ0) is 14.3. The van der Waals surface area contributed by atoms with E-state index in [4.69, 9.17) is 4.74 Å². The van der Waals surface area contributed by atoms with Crippen LogP contribution in [0.1, 0.15) is 44.6 Å². The van der Waals surface area contributed by atoms with Crippen LogP contribution in [0.2, 0.25) is 0 Å². The lowest BCUT2D eigenvalue weighted by Gasteiger charge is -2.33. The zero-order valence-corrected chi connectivity index (χ0v) is 12.7. The molecule has 1 N–H and O–H groups in total. The summed E-state index contributed by atoms with van der Waals surface area (Å²) < 4.78 is 5.70. The van der Waals surface area contributed by atoms with Gasteiger partial charge in [0.1, 0.15) is 12.4 Å². The van der Waals surface area contributed by atoms with E-state index in [9.17, 15) is 0 Å². The summed E-state index contributed by atoms with van der Waals surface area (Å²) in [5.74, 6) is 0.966. The Morgan fingerprint density at radius 1 is 1.25 bits per heavy atom. The second-order valence-corrected chi connectivity index (χ2v) is 6.18. The molecule has 2 heteroatoms. The number of benzene rings is 1. The molecule has 1 aromatic rings. The highest BCUT2D eigenvalue weighted by atomic mass is 16.5. The highest BCUT2D eigenvalue weighted by Gasteiger charge is 2.26. The molecule has 0 aromatic heterocycles. The van der Waals surface area contributed by atoms with Crippen molar-refractivity contribution in [3.63, 3.8) is 0 Å². The molecular weight excluding hydrogens is 246 g/mol. The molecule has 0 aliphatic heterocycles. The van der Waals surface area contributed by atoms with Crippen LogP contribution in [0.4, 0.5) is 0 Å². The number of nitrogens with one attached hydrogen (secondary N) is 1. The number of ether oxygens (including phenoxy) is 1. The fourth-order valence-corrected chi connectivity index (χ4v) is 3.02. The molecule has 110 valence electrons. The van der Waals surface area contributed by atoms with Crippen molar-refractivity contribution in [1.29, 1.82) is 0 Å². The maximum atomic E-state index is 5.70. The minimum Gasteiger partial charge on any atom is -0.489 e. The van der Waals surface area contributed by atoms with Gasteiger partial charge in [-0.25, -0.2) is 0 Å². The van der Waals surface area contributed by atoms with Gasteiger partial charge in [-0.15, -0.1) is 0 Å². The maximum absolute atomic E-state index is 5.70. The van der Waals surface area contributed by atoms with Crippen LogP contribution >= 0.6 is 0 Å². The Labute approximate surface area is 123 Å². The van der Waals surface area contributed by atoms with Gasteiger partial charge in [0.2, 0.25) is 0 Å². The molecule has 0 amide bonds. The number of rotatable bonds is 7. The molecule has 0 spiro atoms. The molecule has 0 saturated heterocycles. The van der Waals surface area contributed by atoms with E-state index in [1.54, 1.807) is 6.08 Å².